The van der Waals surface area contributed by atoms with Gasteiger partial charge in [-0.05, 0) is 56.9 Å². The molecule has 3 nitrogen and oxygen atoms in total. The van der Waals surface area contributed by atoms with Crippen LogP contribution in [0.5, 0.6) is 0 Å². The lowest BCUT2D eigenvalue weighted by Gasteiger charge is -2.12. The van der Waals surface area contributed by atoms with Gasteiger partial charge >= 0.3 is 0 Å². The van der Waals surface area contributed by atoms with E-state index in [0.717, 1.165) is 37.9 Å². The molecule has 5 heteroatoms. The van der Waals surface area contributed by atoms with Crippen molar-refractivity contribution in [1.29, 1.82) is 0 Å². The minimum atomic E-state index is 0.690. The van der Waals surface area contributed by atoms with Crippen LogP contribution in [0.15, 0.2) is 164 Å². The average Bonchev–Trinajstić information content (AvgIpc) is 3.91. The Morgan fingerprint density at radius 2 is 1.00 bits per heavy atom. The van der Waals surface area contributed by atoms with Gasteiger partial charge in [0.1, 0.15) is 0 Å². The molecule has 0 bridgehead atoms. The summed E-state index contributed by atoms with van der Waals surface area (Å²) in [6.07, 6.45) is 0. The first kappa shape index (κ1) is 29.2. The lowest BCUT2D eigenvalue weighted by atomic mass is 9.99. The Morgan fingerprint density at radius 1 is 0.415 bits per heavy atom. The van der Waals surface area contributed by atoms with Crippen LogP contribution in [0.3, 0.4) is 0 Å². The van der Waals surface area contributed by atoms with Gasteiger partial charge < -0.3 is 0 Å². The summed E-state index contributed by atoms with van der Waals surface area (Å²) in [6, 6.07) is 59.2. The van der Waals surface area contributed by atoms with Crippen molar-refractivity contribution in [3.8, 4) is 28.3 Å². The molecule has 0 amide bonds. The number of nitrogens with zero attached hydrogens (tertiary/aromatic N) is 3. The fourth-order valence-electron chi connectivity index (χ4n) is 8.40. The van der Waals surface area contributed by atoms with E-state index in [9.17, 15) is 0 Å². The number of hydrogen-bond acceptors (Lipinski definition) is 4. The van der Waals surface area contributed by atoms with E-state index in [1.54, 1.807) is 11.3 Å². The van der Waals surface area contributed by atoms with Gasteiger partial charge in [-0.25, -0.2) is 9.97 Å². The van der Waals surface area contributed by atoms with Crippen LogP contribution >= 0.6 is 22.7 Å². The van der Waals surface area contributed by atoms with Crippen LogP contribution in [0.1, 0.15) is 0 Å². The van der Waals surface area contributed by atoms with E-state index in [1.165, 1.54) is 68.3 Å². The summed E-state index contributed by atoms with van der Waals surface area (Å²) in [6.45, 7) is 0. The first-order valence-corrected chi connectivity index (χ1v) is 19.5. The van der Waals surface area contributed by atoms with Gasteiger partial charge in [0.2, 0.25) is 5.95 Å². The number of hydrogen-bond donors (Lipinski definition) is 0. The van der Waals surface area contributed by atoms with Crippen LogP contribution in [0.4, 0.5) is 0 Å². The fourth-order valence-corrected chi connectivity index (χ4v) is 10.8. The second kappa shape index (κ2) is 11.1. The van der Waals surface area contributed by atoms with Crippen molar-refractivity contribution in [2.45, 2.75) is 0 Å². The van der Waals surface area contributed by atoms with Gasteiger partial charge in [0, 0.05) is 41.9 Å². The maximum atomic E-state index is 5.56. The molecule has 0 saturated carbocycles. The van der Waals surface area contributed by atoms with Crippen LogP contribution in [-0.2, 0) is 0 Å². The Kier molecular flexibility index (Phi) is 6.09. The Morgan fingerprint density at radius 3 is 1.81 bits per heavy atom. The van der Waals surface area contributed by atoms with Gasteiger partial charge in [0.15, 0.2) is 0 Å². The Bertz CT molecular complexity index is 3460. The highest BCUT2D eigenvalue weighted by molar-refractivity contribution is 7.27. The SMILES string of the molecule is c1ccc2cc(-c3ccc(-c4nc(-n5c6ccccc6c6c7ccccc7c7c8ccccc8sc7c65)nc5c4sc4ccccc45)cc3)ccc2c1. The maximum Gasteiger partial charge on any atom is 0.235 e. The molecule has 12 aromatic rings. The monoisotopic (exact) mass is 709 g/mol. The molecule has 4 aromatic heterocycles. The third kappa shape index (κ3) is 4.20. The predicted octanol–water partition coefficient (Wildman–Crippen LogP) is 13.9. The third-order valence-electron chi connectivity index (χ3n) is 10.8. The predicted molar refractivity (Wildman–Crippen MR) is 228 cm³/mol. The minimum Gasteiger partial charge on any atom is -0.276 e. The molecule has 0 aliphatic heterocycles. The first-order valence-electron chi connectivity index (χ1n) is 17.8. The highest BCUT2D eigenvalue weighted by Crippen LogP contribution is 2.48. The quantitative estimate of drug-likeness (QED) is 0.183. The summed E-state index contributed by atoms with van der Waals surface area (Å²) in [5.41, 5.74) is 7.68. The standard InChI is InChI=1S/C48H27N3S2/c1-2-12-31-27-32(26-23-28(31)11-1)29-21-24-30(25-22-29)43-47-44(37-17-7-10-20-40(37)53-47)50-48(49-43)51-38-18-8-5-15-35(38)41-33-13-3-4-14-34(33)42-36-16-6-9-19-39(36)52-46(42)45(41)51/h1-27H. The number of aromatic nitrogens is 3. The van der Waals surface area contributed by atoms with Crippen molar-refractivity contribution in [2.24, 2.45) is 0 Å². The van der Waals surface area contributed by atoms with Crippen LogP contribution in [0, 0.1) is 0 Å². The maximum absolute atomic E-state index is 5.56. The lowest BCUT2D eigenvalue weighted by Crippen LogP contribution is -2.03. The van der Waals surface area contributed by atoms with Crippen LogP contribution < -0.4 is 0 Å². The summed E-state index contributed by atoms with van der Waals surface area (Å²) >= 11 is 3.64. The van der Waals surface area contributed by atoms with Gasteiger partial charge in [-0.15, -0.1) is 22.7 Å². The number of benzene rings is 8. The molecule has 0 fully saturated rings. The summed E-state index contributed by atoms with van der Waals surface area (Å²) in [5.74, 6) is 0.690. The molecule has 53 heavy (non-hydrogen) atoms. The molecule has 0 aliphatic rings. The molecule has 0 radical (unpaired) electrons. The number of rotatable bonds is 3. The van der Waals surface area contributed by atoms with Crippen molar-refractivity contribution in [3.05, 3.63) is 164 Å². The summed E-state index contributed by atoms with van der Waals surface area (Å²) < 4.78 is 7.20. The van der Waals surface area contributed by atoms with Crippen molar-refractivity contribution in [1.82, 2.24) is 14.5 Å². The largest absolute Gasteiger partial charge is 0.276 e. The molecule has 0 N–H and O–H groups in total. The molecule has 0 atom stereocenters. The van der Waals surface area contributed by atoms with Gasteiger partial charge in [-0.3, -0.25) is 4.57 Å². The lowest BCUT2D eigenvalue weighted by molar-refractivity contribution is 1.02. The van der Waals surface area contributed by atoms with Gasteiger partial charge in [0.25, 0.3) is 0 Å². The van der Waals surface area contributed by atoms with Gasteiger partial charge in [0.05, 0.1) is 31.6 Å². The van der Waals surface area contributed by atoms with Crippen molar-refractivity contribution in [3.63, 3.8) is 0 Å². The highest BCUT2D eigenvalue weighted by atomic mass is 32.1. The van der Waals surface area contributed by atoms with E-state index < -0.39 is 0 Å². The van der Waals surface area contributed by atoms with Crippen LogP contribution in [0.25, 0.3) is 112 Å². The Labute approximate surface area is 311 Å². The molecule has 4 heterocycles. The third-order valence-corrected chi connectivity index (χ3v) is 13.1. The Balaban J connectivity index is 1.17. The number of fused-ring (bicyclic) bond motifs is 14. The molecule has 246 valence electrons. The molecule has 0 unspecified atom stereocenters. The Hall–Kier alpha value is -6.40. The average molecular weight is 710 g/mol. The van der Waals surface area contributed by atoms with Crippen molar-refractivity contribution in [2.75, 3.05) is 0 Å². The summed E-state index contributed by atoms with van der Waals surface area (Å²) in [7, 11) is 0. The second-order valence-electron chi connectivity index (χ2n) is 13.7. The second-order valence-corrected chi connectivity index (χ2v) is 15.8. The topological polar surface area (TPSA) is 30.7 Å². The summed E-state index contributed by atoms with van der Waals surface area (Å²) in [4.78, 5) is 11.1. The zero-order valence-corrected chi connectivity index (χ0v) is 29.9. The summed E-state index contributed by atoms with van der Waals surface area (Å²) in [5, 5.41) is 11.2. The molecule has 0 spiro atoms. The normalized spacial score (nSPS) is 12.2. The van der Waals surface area contributed by atoms with Crippen molar-refractivity contribution >= 4 is 106 Å². The smallest absolute Gasteiger partial charge is 0.235 e. The molecule has 12 rings (SSSR count). The fraction of sp³-hybridized carbons (Fsp3) is 0. The molecule has 8 aromatic carbocycles. The number of thiophene rings is 2. The van der Waals surface area contributed by atoms with Crippen LogP contribution in [0.2, 0.25) is 0 Å². The first-order chi connectivity index (χ1) is 26.3. The van der Waals surface area contributed by atoms with Crippen molar-refractivity contribution < 1.29 is 0 Å². The number of para-hydroxylation sites is 1. The van der Waals surface area contributed by atoms with E-state index in [1.807, 2.05) is 11.3 Å². The van der Waals surface area contributed by atoms with E-state index >= 15 is 0 Å². The minimum absolute atomic E-state index is 0.690. The van der Waals surface area contributed by atoms with E-state index in [2.05, 4.69) is 168 Å². The van der Waals surface area contributed by atoms with Gasteiger partial charge in [-0.2, -0.15) is 0 Å². The molecular formula is C48H27N3S2. The van der Waals surface area contributed by atoms with E-state index in [4.69, 9.17) is 9.97 Å². The molecule has 0 aliphatic carbocycles. The van der Waals surface area contributed by atoms with E-state index in [0.29, 0.717) is 5.95 Å². The highest BCUT2D eigenvalue weighted by Gasteiger charge is 2.24. The zero-order chi connectivity index (χ0) is 34.6. The van der Waals surface area contributed by atoms with Gasteiger partial charge in [-0.1, -0.05) is 140 Å². The van der Waals surface area contributed by atoms with E-state index in [-0.39, 0.29) is 0 Å². The van der Waals surface area contributed by atoms with Crippen LogP contribution in [-0.4, -0.2) is 14.5 Å². The zero-order valence-electron chi connectivity index (χ0n) is 28.2. The molecule has 0 saturated heterocycles. The molecular weight excluding hydrogens is 683 g/mol.